The van der Waals surface area contributed by atoms with Gasteiger partial charge in [0.15, 0.2) is 0 Å². The normalized spacial score (nSPS) is 11.5. The molecule has 0 heterocycles. The van der Waals surface area contributed by atoms with Crippen molar-refractivity contribution in [1.29, 1.82) is 0 Å². The van der Waals surface area contributed by atoms with Crippen molar-refractivity contribution in [3.05, 3.63) is 29.3 Å². The molecule has 0 aliphatic rings. The highest BCUT2D eigenvalue weighted by atomic mass is 16.5. The zero-order valence-corrected chi connectivity index (χ0v) is 10.3. The van der Waals surface area contributed by atoms with Gasteiger partial charge in [0.25, 0.3) is 0 Å². The second kappa shape index (κ2) is 4.67. The molecule has 0 aliphatic carbocycles. The summed E-state index contributed by atoms with van der Waals surface area (Å²) in [5.74, 6) is 0. The van der Waals surface area contributed by atoms with Crippen molar-refractivity contribution in [2.24, 2.45) is 0 Å². The van der Waals surface area contributed by atoms with E-state index in [9.17, 15) is 0 Å². The fraction of sp³-hybridized carbons (Fsp3) is 0.538. The Hall–Kier alpha value is -1.02. The van der Waals surface area contributed by atoms with E-state index < -0.39 is 0 Å². The second-order valence-electron chi connectivity index (χ2n) is 4.89. The smallest absolute Gasteiger partial charge is 0.116 e. The Morgan fingerprint density at radius 2 is 1.93 bits per heavy atom. The van der Waals surface area contributed by atoms with Crippen LogP contribution in [0.15, 0.2) is 18.2 Å². The zero-order valence-electron chi connectivity index (χ0n) is 10.3. The minimum Gasteiger partial charge on any atom is -0.365 e. The van der Waals surface area contributed by atoms with Crippen LogP contribution in [0.25, 0.3) is 0 Å². The van der Waals surface area contributed by atoms with Crippen LogP contribution in [0.3, 0.4) is 0 Å². The predicted molar refractivity (Wildman–Crippen MR) is 65.4 cm³/mol. The molecule has 0 unspecified atom stereocenters. The Morgan fingerprint density at radius 3 is 2.40 bits per heavy atom. The molecule has 1 aromatic rings. The molecular formula is C13H21NO. The Morgan fingerprint density at radius 1 is 1.27 bits per heavy atom. The summed E-state index contributed by atoms with van der Waals surface area (Å²) in [5, 5.41) is 3.22. The van der Waals surface area contributed by atoms with Crippen molar-refractivity contribution < 1.29 is 4.74 Å². The minimum atomic E-state index is 0.213. The lowest BCUT2D eigenvalue weighted by Crippen LogP contribution is -2.12. The van der Waals surface area contributed by atoms with Crippen LogP contribution in [0.1, 0.15) is 31.9 Å². The Bertz CT molecular complexity index is 326. The summed E-state index contributed by atoms with van der Waals surface area (Å²) in [6, 6.07) is 6.53. The Kier molecular flexibility index (Phi) is 3.75. The van der Waals surface area contributed by atoms with Gasteiger partial charge < -0.3 is 10.1 Å². The molecule has 0 radical (unpaired) electrons. The van der Waals surface area contributed by atoms with Gasteiger partial charge in [-0.05, 0) is 29.5 Å². The van der Waals surface area contributed by atoms with Gasteiger partial charge in [-0.15, -0.1) is 0 Å². The van der Waals surface area contributed by atoms with E-state index in [1.807, 2.05) is 0 Å². The molecule has 0 atom stereocenters. The van der Waals surface area contributed by atoms with E-state index in [-0.39, 0.29) is 5.41 Å². The van der Waals surface area contributed by atoms with Crippen LogP contribution in [0, 0.1) is 6.92 Å². The van der Waals surface area contributed by atoms with Crippen LogP contribution in [0.4, 0.5) is 5.69 Å². The van der Waals surface area contributed by atoms with Gasteiger partial charge in [0.1, 0.15) is 6.73 Å². The average Bonchev–Trinajstić information content (AvgIpc) is 2.14. The van der Waals surface area contributed by atoms with Crippen LogP contribution < -0.4 is 5.32 Å². The quantitative estimate of drug-likeness (QED) is 0.768. The number of hydrogen-bond acceptors (Lipinski definition) is 2. The topological polar surface area (TPSA) is 21.3 Å². The lowest BCUT2D eigenvalue weighted by molar-refractivity contribution is 0.221. The lowest BCUT2D eigenvalue weighted by atomic mass is 9.86. The minimum absolute atomic E-state index is 0.213. The van der Waals surface area contributed by atoms with Crippen molar-refractivity contribution in [3.8, 4) is 0 Å². The van der Waals surface area contributed by atoms with Crippen LogP contribution >= 0.6 is 0 Å². The molecule has 15 heavy (non-hydrogen) atoms. The van der Waals surface area contributed by atoms with E-state index >= 15 is 0 Å². The fourth-order valence-corrected chi connectivity index (χ4v) is 1.48. The van der Waals surface area contributed by atoms with Gasteiger partial charge in [-0.25, -0.2) is 0 Å². The van der Waals surface area contributed by atoms with E-state index in [0.717, 1.165) is 5.69 Å². The number of ether oxygens (including phenoxy) is 1. The number of benzene rings is 1. The molecule has 0 aliphatic heterocycles. The maximum atomic E-state index is 4.99. The predicted octanol–water partition coefficient (Wildman–Crippen LogP) is 3.31. The van der Waals surface area contributed by atoms with Gasteiger partial charge in [-0.3, -0.25) is 0 Å². The number of methoxy groups -OCH3 is 1. The van der Waals surface area contributed by atoms with Gasteiger partial charge in [0, 0.05) is 12.8 Å². The maximum Gasteiger partial charge on any atom is 0.116 e. The molecule has 0 saturated carbocycles. The van der Waals surface area contributed by atoms with Crippen LogP contribution in [-0.2, 0) is 10.2 Å². The number of aryl methyl sites for hydroxylation is 1. The summed E-state index contributed by atoms with van der Waals surface area (Å²) < 4.78 is 4.99. The first-order chi connectivity index (χ1) is 6.95. The van der Waals surface area contributed by atoms with E-state index in [2.05, 4.69) is 51.2 Å². The van der Waals surface area contributed by atoms with Crippen molar-refractivity contribution in [3.63, 3.8) is 0 Å². The van der Waals surface area contributed by atoms with Crippen LogP contribution in [-0.4, -0.2) is 13.8 Å². The van der Waals surface area contributed by atoms with Crippen LogP contribution in [0.2, 0.25) is 0 Å². The number of anilines is 1. The molecule has 1 N–H and O–H groups in total. The number of hydrogen-bond donors (Lipinski definition) is 1. The van der Waals surface area contributed by atoms with E-state index in [0.29, 0.717) is 6.73 Å². The van der Waals surface area contributed by atoms with Crippen LogP contribution in [0.5, 0.6) is 0 Å². The van der Waals surface area contributed by atoms with Crippen molar-refractivity contribution in [2.45, 2.75) is 33.1 Å². The van der Waals surface area contributed by atoms with Gasteiger partial charge in [0.2, 0.25) is 0 Å². The van der Waals surface area contributed by atoms with Gasteiger partial charge in [-0.2, -0.15) is 0 Å². The zero-order chi connectivity index (χ0) is 11.5. The summed E-state index contributed by atoms with van der Waals surface area (Å²) in [6.07, 6.45) is 0. The maximum absolute atomic E-state index is 4.99. The molecule has 1 rings (SSSR count). The van der Waals surface area contributed by atoms with Crippen molar-refractivity contribution >= 4 is 5.69 Å². The molecule has 0 aromatic heterocycles. The van der Waals surface area contributed by atoms with Gasteiger partial charge in [-0.1, -0.05) is 32.9 Å². The summed E-state index contributed by atoms with van der Waals surface area (Å²) in [4.78, 5) is 0. The first kappa shape index (κ1) is 12.1. The van der Waals surface area contributed by atoms with E-state index in [4.69, 9.17) is 4.74 Å². The largest absolute Gasteiger partial charge is 0.365 e. The molecule has 2 nitrogen and oxygen atoms in total. The Balaban J connectivity index is 2.88. The highest BCUT2D eigenvalue weighted by Crippen LogP contribution is 2.26. The molecular weight excluding hydrogens is 186 g/mol. The molecule has 0 amide bonds. The molecule has 2 heteroatoms. The van der Waals surface area contributed by atoms with E-state index in [1.165, 1.54) is 11.1 Å². The monoisotopic (exact) mass is 207 g/mol. The molecule has 0 saturated heterocycles. The first-order valence-corrected chi connectivity index (χ1v) is 5.29. The standard InChI is InChI=1S/C13H21NO/c1-10-8-11(13(2,3)4)6-7-12(10)14-9-15-5/h6-8,14H,9H2,1-5H3. The summed E-state index contributed by atoms with van der Waals surface area (Å²) in [7, 11) is 1.69. The fourth-order valence-electron chi connectivity index (χ4n) is 1.48. The first-order valence-electron chi connectivity index (χ1n) is 5.29. The summed E-state index contributed by atoms with van der Waals surface area (Å²) in [5.41, 5.74) is 3.98. The molecule has 1 aromatic carbocycles. The second-order valence-corrected chi connectivity index (χ2v) is 4.89. The Labute approximate surface area is 92.6 Å². The number of nitrogens with one attached hydrogen (secondary N) is 1. The van der Waals surface area contributed by atoms with Crippen molar-refractivity contribution in [2.75, 3.05) is 19.2 Å². The number of rotatable bonds is 3. The third-order valence-electron chi connectivity index (χ3n) is 2.50. The highest BCUT2D eigenvalue weighted by Gasteiger charge is 2.14. The third kappa shape index (κ3) is 3.24. The molecule has 0 bridgehead atoms. The van der Waals surface area contributed by atoms with Gasteiger partial charge >= 0.3 is 0 Å². The van der Waals surface area contributed by atoms with Gasteiger partial charge in [0.05, 0.1) is 0 Å². The SMILES string of the molecule is COCNc1ccc(C(C)(C)C)cc1C. The van der Waals surface area contributed by atoms with Crippen molar-refractivity contribution in [1.82, 2.24) is 0 Å². The molecule has 0 spiro atoms. The molecule has 84 valence electrons. The highest BCUT2D eigenvalue weighted by molar-refractivity contribution is 5.52. The summed E-state index contributed by atoms with van der Waals surface area (Å²) in [6.45, 7) is 9.35. The average molecular weight is 207 g/mol. The summed E-state index contributed by atoms with van der Waals surface area (Å²) >= 11 is 0. The third-order valence-corrected chi connectivity index (χ3v) is 2.50. The molecule has 0 fully saturated rings. The lowest BCUT2D eigenvalue weighted by Gasteiger charge is -2.20. The van der Waals surface area contributed by atoms with E-state index in [1.54, 1.807) is 7.11 Å².